The van der Waals surface area contributed by atoms with E-state index in [4.69, 9.17) is 16.3 Å². The van der Waals surface area contributed by atoms with Crippen molar-refractivity contribution in [1.82, 2.24) is 20.6 Å². The van der Waals surface area contributed by atoms with Gasteiger partial charge in [0, 0.05) is 17.1 Å². The Morgan fingerprint density at radius 2 is 1.81 bits per heavy atom. The molecule has 0 unspecified atom stereocenters. The number of aliphatic hydroxyl groups is 1. The number of hydrogen-bond acceptors (Lipinski definition) is 6. The van der Waals surface area contributed by atoms with E-state index in [9.17, 15) is 19.8 Å². The van der Waals surface area contributed by atoms with Crippen LogP contribution in [0.3, 0.4) is 0 Å². The van der Waals surface area contributed by atoms with Gasteiger partial charge in [0.1, 0.15) is 11.4 Å². The Hall–Kier alpha value is -4.18. The van der Waals surface area contributed by atoms with E-state index >= 15 is 0 Å². The molecule has 9 nitrogen and oxygen atoms in total. The number of para-hydroxylation sites is 1. The highest BCUT2D eigenvalue weighted by molar-refractivity contribution is 6.30. The highest BCUT2D eigenvalue weighted by Gasteiger charge is 2.22. The number of hydrogen-bond donors (Lipinski definition) is 4. The zero-order valence-electron chi connectivity index (χ0n) is 19.9. The molecular weight excluding hydrogens is 496 g/mol. The molecule has 0 aliphatic rings. The number of carboxylic acids is 1. The van der Waals surface area contributed by atoms with Crippen LogP contribution in [0.15, 0.2) is 78.9 Å². The van der Waals surface area contributed by atoms with Crippen LogP contribution in [0.25, 0.3) is 22.4 Å². The first kappa shape index (κ1) is 25.9. The summed E-state index contributed by atoms with van der Waals surface area (Å²) in [7, 11) is 1.55. The lowest BCUT2D eigenvalue weighted by atomic mass is 10.0. The molecule has 0 fully saturated rings. The van der Waals surface area contributed by atoms with Gasteiger partial charge in [-0.1, -0.05) is 60.1 Å². The van der Waals surface area contributed by atoms with Crippen molar-refractivity contribution in [3.63, 3.8) is 0 Å². The van der Waals surface area contributed by atoms with Crippen LogP contribution in [-0.4, -0.2) is 57.1 Å². The maximum Gasteiger partial charge on any atom is 0.333 e. The van der Waals surface area contributed by atoms with E-state index < -0.39 is 18.0 Å². The third kappa shape index (κ3) is 6.53. The highest BCUT2D eigenvalue weighted by Crippen LogP contribution is 2.28. The Morgan fingerprint density at radius 1 is 1.05 bits per heavy atom. The number of aliphatic hydroxyl groups excluding tert-OH is 1. The van der Waals surface area contributed by atoms with E-state index in [2.05, 4.69) is 15.6 Å². The van der Waals surface area contributed by atoms with Crippen LogP contribution >= 0.6 is 11.6 Å². The third-order valence-electron chi connectivity index (χ3n) is 5.63. The Bertz CT molecular complexity index is 1390. The molecule has 0 radical (unpaired) electrons. The molecule has 1 atom stereocenters. The number of hydrazine groups is 1. The van der Waals surface area contributed by atoms with Gasteiger partial charge in [-0.25, -0.2) is 9.80 Å². The van der Waals surface area contributed by atoms with E-state index in [-0.39, 0.29) is 18.8 Å². The zero-order chi connectivity index (χ0) is 26.4. The minimum atomic E-state index is -1.70. The summed E-state index contributed by atoms with van der Waals surface area (Å²) in [4.78, 5) is 24.2. The minimum absolute atomic E-state index is 0.152. The average molecular weight is 521 g/mol. The second-order valence-electron chi connectivity index (χ2n) is 8.25. The average Bonchev–Trinajstić information content (AvgIpc) is 3.39. The summed E-state index contributed by atoms with van der Waals surface area (Å²) >= 11 is 6.09. The van der Waals surface area contributed by atoms with E-state index in [1.165, 1.54) is 5.01 Å². The first-order chi connectivity index (χ1) is 17.8. The number of H-pyrrole nitrogens is 1. The second-order valence-corrected chi connectivity index (χ2v) is 8.69. The van der Waals surface area contributed by atoms with E-state index in [0.29, 0.717) is 22.0 Å². The van der Waals surface area contributed by atoms with Gasteiger partial charge in [-0.05, 0) is 47.0 Å². The number of nitrogens with zero attached hydrogens (tertiary/aromatic N) is 2. The van der Waals surface area contributed by atoms with Gasteiger partial charge in [-0.2, -0.15) is 5.10 Å². The van der Waals surface area contributed by atoms with Crippen LogP contribution in [0.1, 0.15) is 16.1 Å². The van der Waals surface area contributed by atoms with Crippen LogP contribution in [0.5, 0.6) is 5.75 Å². The van der Waals surface area contributed by atoms with Crippen molar-refractivity contribution in [3.05, 3.63) is 95.1 Å². The lowest BCUT2D eigenvalue weighted by Crippen LogP contribution is -2.47. The Labute approximate surface area is 218 Å². The molecular formula is C27H25ClN4O5. The maximum absolute atomic E-state index is 13.0. The normalized spacial score (nSPS) is 11.8. The molecule has 0 aliphatic heterocycles. The molecule has 4 aromatic rings. The van der Waals surface area contributed by atoms with Crippen molar-refractivity contribution < 1.29 is 24.5 Å². The SMILES string of the molecule is COc1ccccc1-c1cc(C(=O)NN(Cc2ccc(-c3cccc(Cl)c3)cc2)C[C@@H](O)C(=O)O)[nH]n1. The van der Waals surface area contributed by atoms with Crippen LogP contribution in [0.2, 0.25) is 5.02 Å². The van der Waals surface area contributed by atoms with Crippen molar-refractivity contribution in [1.29, 1.82) is 0 Å². The Balaban J connectivity index is 1.50. The van der Waals surface area contributed by atoms with Crippen LogP contribution < -0.4 is 10.2 Å². The number of aromatic amines is 1. The maximum atomic E-state index is 13.0. The van der Waals surface area contributed by atoms with Gasteiger partial charge in [0.15, 0.2) is 6.10 Å². The number of nitrogens with one attached hydrogen (secondary N) is 2. The van der Waals surface area contributed by atoms with Crippen LogP contribution in [0.4, 0.5) is 0 Å². The third-order valence-corrected chi connectivity index (χ3v) is 5.86. The molecule has 190 valence electrons. The summed E-state index contributed by atoms with van der Waals surface area (Å²) in [5.74, 6) is -1.33. The largest absolute Gasteiger partial charge is 0.496 e. The topological polar surface area (TPSA) is 128 Å². The van der Waals surface area contributed by atoms with Crippen molar-refractivity contribution in [2.24, 2.45) is 0 Å². The first-order valence-electron chi connectivity index (χ1n) is 11.3. The number of amides is 1. The standard InChI is InChI=1S/C27H25ClN4O5/c1-37-25-8-3-2-7-21(25)22-14-23(30-29-22)26(34)31-32(16-24(33)27(35)36)15-17-9-11-18(12-10-17)19-5-4-6-20(28)13-19/h2-14,24,33H,15-16H2,1H3,(H,29,30)(H,31,34)(H,35,36)/t24-/m1/s1. The smallest absolute Gasteiger partial charge is 0.333 e. The summed E-state index contributed by atoms with van der Waals surface area (Å²) < 4.78 is 5.36. The predicted molar refractivity (Wildman–Crippen MR) is 139 cm³/mol. The summed E-state index contributed by atoms with van der Waals surface area (Å²) in [6, 6.07) is 23.8. The predicted octanol–water partition coefficient (Wildman–Crippen LogP) is 4.00. The number of benzene rings is 3. The van der Waals surface area contributed by atoms with Gasteiger partial charge in [0.05, 0.1) is 19.3 Å². The summed E-state index contributed by atoms with van der Waals surface area (Å²) in [6.45, 7) is -0.177. The van der Waals surface area contributed by atoms with Gasteiger partial charge in [0.25, 0.3) is 5.91 Å². The molecule has 10 heteroatoms. The number of carbonyl (C=O) groups is 2. The monoisotopic (exact) mass is 520 g/mol. The van der Waals surface area contributed by atoms with Crippen LogP contribution in [-0.2, 0) is 11.3 Å². The van der Waals surface area contributed by atoms with Crippen LogP contribution in [0, 0.1) is 0 Å². The molecule has 0 saturated carbocycles. The van der Waals surface area contributed by atoms with E-state index in [0.717, 1.165) is 16.7 Å². The summed E-state index contributed by atoms with van der Waals surface area (Å²) in [5, 5.41) is 28.0. The molecule has 0 aliphatic carbocycles. The lowest BCUT2D eigenvalue weighted by molar-refractivity contribution is -0.148. The van der Waals surface area contributed by atoms with Gasteiger partial charge >= 0.3 is 5.97 Å². The Kier molecular flexibility index (Phi) is 8.19. The number of methoxy groups -OCH3 is 1. The number of rotatable bonds is 10. The first-order valence-corrected chi connectivity index (χ1v) is 11.7. The van der Waals surface area contributed by atoms with Gasteiger partial charge in [0.2, 0.25) is 0 Å². The number of halogens is 1. The summed E-state index contributed by atoms with van der Waals surface area (Å²) in [6.07, 6.45) is -1.70. The van der Waals surface area contributed by atoms with Gasteiger partial charge < -0.3 is 14.9 Å². The number of aliphatic carboxylic acids is 1. The molecule has 3 aromatic carbocycles. The van der Waals surface area contributed by atoms with Crippen molar-refractivity contribution in [2.75, 3.05) is 13.7 Å². The fraction of sp³-hybridized carbons (Fsp3) is 0.148. The highest BCUT2D eigenvalue weighted by atomic mass is 35.5. The molecule has 1 aromatic heterocycles. The van der Waals surface area contributed by atoms with Gasteiger partial charge in [-0.15, -0.1) is 0 Å². The molecule has 4 rings (SSSR count). The van der Waals surface area contributed by atoms with E-state index in [1.54, 1.807) is 25.3 Å². The Morgan fingerprint density at radius 3 is 2.51 bits per heavy atom. The summed E-state index contributed by atoms with van der Waals surface area (Å²) in [5.41, 5.74) is 6.74. The second kappa shape index (κ2) is 11.7. The number of aromatic nitrogens is 2. The number of ether oxygens (including phenoxy) is 1. The number of carbonyl (C=O) groups excluding carboxylic acids is 1. The van der Waals surface area contributed by atoms with Gasteiger partial charge in [-0.3, -0.25) is 15.3 Å². The molecule has 1 heterocycles. The molecule has 0 saturated heterocycles. The molecule has 0 spiro atoms. The lowest BCUT2D eigenvalue weighted by Gasteiger charge is -2.24. The van der Waals surface area contributed by atoms with Crippen molar-refractivity contribution in [3.8, 4) is 28.1 Å². The molecule has 37 heavy (non-hydrogen) atoms. The number of carboxylic acid groups (broad SMARTS) is 1. The van der Waals surface area contributed by atoms with Crippen molar-refractivity contribution >= 4 is 23.5 Å². The molecule has 4 N–H and O–H groups in total. The van der Waals surface area contributed by atoms with Crippen molar-refractivity contribution in [2.45, 2.75) is 12.6 Å². The minimum Gasteiger partial charge on any atom is -0.496 e. The fourth-order valence-electron chi connectivity index (χ4n) is 3.76. The fourth-order valence-corrected chi connectivity index (χ4v) is 3.95. The quantitative estimate of drug-likeness (QED) is 0.233. The molecule has 0 bridgehead atoms. The zero-order valence-corrected chi connectivity index (χ0v) is 20.6. The molecule has 1 amide bonds. The van der Waals surface area contributed by atoms with E-state index in [1.807, 2.05) is 60.7 Å².